The van der Waals surface area contributed by atoms with E-state index in [1.165, 1.54) is 209 Å². The Morgan fingerprint density at radius 1 is 0.167 bits per heavy atom. The van der Waals surface area contributed by atoms with E-state index in [0.29, 0.717) is 17.5 Å². The van der Waals surface area contributed by atoms with Crippen LogP contribution in [0.1, 0.15) is 0 Å². The molecule has 0 bridgehead atoms. The first-order chi connectivity index (χ1) is 41.9. The number of benzene rings is 8. The Morgan fingerprint density at radius 3 is 0.667 bits per heavy atom. The summed E-state index contributed by atoms with van der Waals surface area (Å²) in [5.74, 6) is 2.08. The summed E-state index contributed by atoms with van der Waals surface area (Å²) >= 11 is 0. The molecule has 10 rings (SSSR count). The molecule has 0 saturated heterocycles. The predicted molar refractivity (Wildman–Crippen MR) is 507 cm³/mol. The summed E-state index contributed by atoms with van der Waals surface area (Å²) in [5.41, 5.74) is 57.7. The van der Waals surface area contributed by atoms with Crippen LogP contribution in [0.25, 0.3) is 78.4 Å². The lowest BCUT2D eigenvalue weighted by Gasteiger charge is -2.40. The van der Waals surface area contributed by atoms with E-state index >= 15 is 0 Å². The standard InChI is InChI=1S/C51H68B34N4O/c52-10-5(4-15(57)39(81)45(40(82)16(4)58)89(46-41(83)35(77)34(76)36(78)42(46)84)44-37(79)13(55)3(14(56)38(44)80)2-11(53)24(66)31(73)25(67)12(2)54)23(65)48-6(17(10)59)1-7(18(60)30(72)43(85)47(1)90-48)49-86-50(8-19(61)26(68)32(74)27(69)20(8)62)88-51(87-49)9-21(63)28(70)33(75)29(71)22(9)64/h52-85H2. The quantitative estimate of drug-likeness (QED) is 0.142. The van der Waals surface area contributed by atoms with E-state index in [9.17, 15) is 0 Å². The van der Waals surface area contributed by atoms with Crippen molar-refractivity contribution in [2.75, 3.05) is 4.90 Å². The van der Waals surface area contributed by atoms with Crippen molar-refractivity contribution < 1.29 is 4.42 Å². The SMILES string of the molecule is Bc1c(B)c(B)c(-c2nc(-c3c(B)c(B)c(B)c(B)c3B)nc(-c3c(B)c(B)c(B)c4oc5c(B)c(-c6c(B)c(B)c(N(c7c(B)c(B)c(B)c(B)c7B)c7c(B)c(B)c(-c8c(B)c(B)c(B)c(B)c8B)c(B)c7B)c(B)c6B)c(B)c(B)c5c34)n2)c(B)c1B. The third kappa shape index (κ3) is 9.65. The first kappa shape index (κ1) is 67.5. The van der Waals surface area contributed by atoms with Gasteiger partial charge in [-0.15, -0.1) is 54.6 Å². The highest BCUT2D eigenvalue weighted by molar-refractivity contribution is 6.76. The van der Waals surface area contributed by atoms with Gasteiger partial charge in [0.25, 0.3) is 0 Å². The number of nitrogens with zero attached hydrogens (tertiary/aromatic N) is 4. The molecule has 0 aliphatic heterocycles. The van der Waals surface area contributed by atoms with Crippen molar-refractivity contribution >= 4 is 492 Å². The summed E-state index contributed by atoms with van der Waals surface area (Å²) in [6, 6.07) is 0. The van der Waals surface area contributed by atoms with Crippen molar-refractivity contribution in [3.63, 3.8) is 0 Å². The second-order valence-electron chi connectivity index (χ2n) is 28.1. The smallest absolute Gasteiger partial charge is 0.164 e. The summed E-state index contributed by atoms with van der Waals surface area (Å²) in [4.78, 5) is 19.6. The second kappa shape index (κ2) is 23.9. The van der Waals surface area contributed by atoms with Gasteiger partial charge in [-0.25, -0.2) is 15.0 Å². The van der Waals surface area contributed by atoms with E-state index in [0.717, 1.165) is 55.0 Å². The third-order valence-electron chi connectivity index (χ3n) is 24.6. The van der Waals surface area contributed by atoms with Crippen LogP contribution >= 0.6 is 0 Å². The van der Waals surface area contributed by atoms with Crippen LogP contribution in [0.5, 0.6) is 0 Å². The van der Waals surface area contributed by atoms with Crippen LogP contribution in [-0.4, -0.2) is 282 Å². The number of aromatic nitrogens is 3. The largest absolute Gasteiger partial charge is 0.457 e. The van der Waals surface area contributed by atoms with Crippen molar-refractivity contribution in [3.8, 4) is 56.4 Å². The molecule has 8 aromatic carbocycles. The van der Waals surface area contributed by atoms with Gasteiger partial charge in [0.15, 0.2) is 17.5 Å². The molecule has 90 heavy (non-hydrogen) atoms. The molecule has 0 amide bonds. The third-order valence-corrected chi connectivity index (χ3v) is 24.6. The highest BCUT2D eigenvalue weighted by Crippen LogP contribution is 2.34. The Balaban J connectivity index is 1.28. The molecule has 0 spiro atoms. The highest BCUT2D eigenvalue weighted by Gasteiger charge is 2.33. The van der Waals surface area contributed by atoms with Crippen molar-refractivity contribution in [3.05, 3.63) is 0 Å². The maximum Gasteiger partial charge on any atom is 0.164 e. The average molecular weight is 1120 g/mol. The summed E-state index contributed by atoms with van der Waals surface area (Å²) < 4.78 is 7.53. The van der Waals surface area contributed by atoms with Crippen LogP contribution in [0.15, 0.2) is 4.42 Å². The van der Waals surface area contributed by atoms with E-state index in [4.69, 9.17) is 19.4 Å². The molecule has 0 unspecified atom stereocenters. The van der Waals surface area contributed by atoms with E-state index < -0.39 is 0 Å². The molecule has 0 N–H and O–H groups in total. The van der Waals surface area contributed by atoms with Crippen LogP contribution in [0.3, 0.4) is 0 Å². The molecule has 0 radical (unpaired) electrons. The molecule has 2 aromatic heterocycles. The summed E-state index contributed by atoms with van der Waals surface area (Å²) in [7, 11) is 78.3. The van der Waals surface area contributed by atoms with Crippen LogP contribution in [0.4, 0.5) is 17.1 Å². The topological polar surface area (TPSA) is 55.1 Å². The minimum Gasteiger partial charge on any atom is -0.457 e. The van der Waals surface area contributed by atoms with Crippen molar-refractivity contribution in [1.29, 1.82) is 0 Å². The van der Waals surface area contributed by atoms with Gasteiger partial charge in [-0.05, 0) is 27.7 Å². The number of rotatable bonds is 8. The van der Waals surface area contributed by atoms with Gasteiger partial charge in [0.05, 0.1) is 0 Å². The first-order valence-corrected chi connectivity index (χ1v) is 32.9. The maximum atomic E-state index is 7.53. The molecule has 400 valence electrons. The fraction of sp³-hybridized carbons (Fsp3) is 0. The Kier molecular flexibility index (Phi) is 17.9. The number of furan rings is 1. The van der Waals surface area contributed by atoms with Gasteiger partial charge in [0.2, 0.25) is 0 Å². The zero-order valence-electron chi connectivity index (χ0n) is 61.7. The van der Waals surface area contributed by atoms with Crippen LogP contribution in [0.2, 0.25) is 0 Å². The molecule has 2 heterocycles. The lowest BCUT2D eigenvalue weighted by Crippen LogP contribution is -2.59. The minimum atomic E-state index is 0.671. The molecule has 5 nitrogen and oxygen atoms in total. The van der Waals surface area contributed by atoms with Gasteiger partial charge in [0, 0.05) is 44.5 Å². The van der Waals surface area contributed by atoms with E-state index in [1.807, 2.05) is 0 Å². The highest BCUT2D eigenvalue weighted by atomic mass is 16.3. The fourth-order valence-electron chi connectivity index (χ4n) is 16.2. The Morgan fingerprint density at radius 2 is 0.356 bits per heavy atom. The molecule has 10 aromatic rings. The molecule has 0 fully saturated rings. The van der Waals surface area contributed by atoms with Gasteiger partial charge < -0.3 is 9.32 Å². The summed E-state index contributed by atoms with van der Waals surface area (Å²) in [6.07, 6.45) is 0. The molecule has 0 saturated carbocycles. The van der Waals surface area contributed by atoms with Gasteiger partial charge in [-0.3, -0.25) is 0 Å². The zero-order chi connectivity index (χ0) is 66.9. The Hall–Kier alpha value is -5.42. The minimum absolute atomic E-state index is 0.671. The maximum absolute atomic E-state index is 7.53. The monoisotopic (exact) mass is 1130 g/mol. The Labute approximate surface area is 568 Å². The number of hydrogen-bond acceptors (Lipinski definition) is 5. The van der Waals surface area contributed by atoms with Gasteiger partial charge in [-0.2, -0.15) is 0 Å². The lowest BCUT2D eigenvalue weighted by atomic mass is 9.56. The normalized spacial score (nSPS) is 11.5. The van der Waals surface area contributed by atoms with Crippen molar-refractivity contribution in [2.24, 2.45) is 0 Å². The van der Waals surface area contributed by atoms with Gasteiger partial charge >= 0.3 is 0 Å². The predicted octanol–water partition coefficient (Wildman–Crippen LogP) is -45.6. The first-order valence-electron chi connectivity index (χ1n) is 32.9. The number of hydrogen-bond donors (Lipinski definition) is 0. The van der Waals surface area contributed by atoms with Crippen molar-refractivity contribution in [2.45, 2.75) is 0 Å². The molecule has 0 atom stereocenters. The van der Waals surface area contributed by atoms with Crippen LogP contribution in [-0.2, 0) is 0 Å². The van der Waals surface area contributed by atoms with E-state index in [1.54, 1.807) is 0 Å². The molecular formula is C51H68B34N4O. The van der Waals surface area contributed by atoms with Gasteiger partial charge in [-0.1, -0.05) is 126 Å². The lowest BCUT2D eigenvalue weighted by molar-refractivity contribution is 0.675. The number of anilines is 3. The van der Waals surface area contributed by atoms with Crippen LogP contribution < -0.4 is 191 Å². The Bertz CT molecular complexity index is 4710. The van der Waals surface area contributed by atoms with E-state index in [-0.39, 0.29) is 0 Å². The second-order valence-corrected chi connectivity index (χ2v) is 28.1. The molecule has 0 aliphatic carbocycles. The zero-order valence-corrected chi connectivity index (χ0v) is 61.7. The molecule has 0 aliphatic rings. The van der Waals surface area contributed by atoms with Crippen molar-refractivity contribution in [1.82, 2.24) is 15.0 Å². The van der Waals surface area contributed by atoms with E-state index in [2.05, 4.69) is 272 Å². The van der Waals surface area contributed by atoms with Crippen LogP contribution in [0, 0.1) is 0 Å². The molecular weight excluding hydrogens is 1050 g/mol. The summed E-state index contributed by atoms with van der Waals surface area (Å²) in [6.45, 7) is 0. The average Bonchev–Trinajstić information content (AvgIpc) is 1.43. The number of fused-ring (bicyclic) bond motifs is 3. The summed E-state index contributed by atoms with van der Waals surface area (Å²) in [5, 5.41) is 2.20. The molecule has 39 heteroatoms. The fourth-order valence-corrected chi connectivity index (χ4v) is 16.2. The van der Waals surface area contributed by atoms with Gasteiger partial charge in [0.1, 0.15) is 278 Å².